The molecule has 1 saturated carbocycles. The van der Waals surface area contributed by atoms with Crippen LogP contribution in [0.15, 0.2) is 5.11 Å². The predicted molar refractivity (Wildman–Crippen MR) is 68.5 cm³/mol. The molecule has 0 aromatic heterocycles. The van der Waals surface area contributed by atoms with E-state index in [1.807, 2.05) is 20.8 Å². The summed E-state index contributed by atoms with van der Waals surface area (Å²) in [5.41, 5.74) is 7.53. The van der Waals surface area contributed by atoms with Gasteiger partial charge in [0.2, 0.25) is 0 Å². The van der Waals surface area contributed by atoms with Crippen molar-refractivity contribution in [1.29, 1.82) is 0 Å². The molecule has 2 rings (SSSR count). The summed E-state index contributed by atoms with van der Waals surface area (Å²) in [6.07, 6.45) is 0.817. The lowest BCUT2D eigenvalue weighted by atomic mass is 9.92. The number of hydrogen-bond donors (Lipinski definition) is 1. The topological polar surface area (TPSA) is 98.5 Å². The fraction of sp³-hybridized carbons (Fsp3) is 0.917. The highest BCUT2D eigenvalue weighted by molar-refractivity contribution is 5.70. The summed E-state index contributed by atoms with van der Waals surface area (Å²) in [6.45, 7) is 5.88. The molecule has 2 atom stereocenters. The third-order valence-corrected chi connectivity index (χ3v) is 3.65. The summed E-state index contributed by atoms with van der Waals surface area (Å²) in [7, 11) is 0. The largest absolute Gasteiger partial charge is 0.444 e. The van der Waals surface area contributed by atoms with Gasteiger partial charge in [0.05, 0.1) is 17.7 Å². The average Bonchev–Trinajstić information content (AvgIpc) is 3.03. The Morgan fingerprint density at radius 1 is 1.53 bits per heavy atom. The molecule has 1 aliphatic carbocycles. The van der Waals surface area contributed by atoms with Gasteiger partial charge in [0.15, 0.2) is 0 Å². The summed E-state index contributed by atoms with van der Waals surface area (Å²) < 4.78 is 5.39. The van der Waals surface area contributed by atoms with Gasteiger partial charge >= 0.3 is 6.09 Å². The second-order valence-electron chi connectivity index (χ2n) is 6.24. The van der Waals surface area contributed by atoms with Crippen LogP contribution in [0.1, 0.15) is 40.0 Å². The van der Waals surface area contributed by atoms with Crippen molar-refractivity contribution in [3.8, 4) is 0 Å². The highest BCUT2D eigenvalue weighted by atomic mass is 16.6. The van der Waals surface area contributed by atoms with Crippen LogP contribution in [-0.4, -0.2) is 45.9 Å². The molecular formula is C12H20N4O3. The molecule has 19 heavy (non-hydrogen) atoms. The maximum atomic E-state index is 12.2. The Morgan fingerprint density at radius 3 is 2.63 bits per heavy atom. The number of azide groups is 1. The van der Waals surface area contributed by atoms with Gasteiger partial charge in [-0.2, -0.15) is 0 Å². The number of aliphatic hydroxyl groups excluding tert-OH is 1. The van der Waals surface area contributed by atoms with E-state index in [0.29, 0.717) is 13.0 Å². The summed E-state index contributed by atoms with van der Waals surface area (Å²) in [6, 6.07) is -0.571. The lowest BCUT2D eigenvalue weighted by Gasteiger charge is -2.42. The number of carbonyl (C=O) groups is 1. The second kappa shape index (κ2) is 4.58. The third-order valence-electron chi connectivity index (χ3n) is 3.65. The first kappa shape index (κ1) is 14.0. The molecule has 1 amide bonds. The molecule has 1 heterocycles. The minimum Gasteiger partial charge on any atom is -0.444 e. The van der Waals surface area contributed by atoms with Crippen molar-refractivity contribution in [1.82, 2.24) is 4.90 Å². The zero-order chi connectivity index (χ0) is 14.3. The number of carbonyl (C=O) groups excluding carboxylic acids is 1. The number of piperidine rings is 1. The highest BCUT2D eigenvalue weighted by Gasteiger charge is 2.60. The summed E-state index contributed by atoms with van der Waals surface area (Å²) in [5, 5.41) is 13.7. The van der Waals surface area contributed by atoms with Gasteiger partial charge in [-0.15, -0.1) is 0 Å². The van der Waals surface area contributed by atoms with Crippen molar-refractivity contribution < 1.29 is 14.6 Å². The fourth-order valence-electron chi connectivity index (χ4n) is 2.68. The molecule has 2 aliphatic rings. The van der Waals surface area contributed by atoms with Crippen LogP contribution in [0.4, 0.5) is 4.79 Å². The minimum atomic E-state index is -0.683. The standard InChI is InChI=1S/C12H20N4O3/c1-11(2,3)19-10(18)16-7-4-8(17)9(14-15-13)12(16)5-6-12/h8-9,17H,4-7H2,1-3H3/t8-,9+/m1/s1. The molecule has 1 spiro atoms. The first-order valence-electron chi connectivity index (χ1n) is 6.53. The molecule has 1 aliphatic heterocycles. The first-order valence-corrected chi connectivity index (χ1v) is 6.53. The Morgan fingerprint density at radius 2 is 2.16 bits per heavy atom. The van der Waals surface area contributed by atoms with Crippen LogP contribution in [0.2, 0.25) is 0 Å². The Balaban J connectivity index is 2.18. The molecule has 1 N–H and O–H groups in total. The van der Waals surface area contributed by atoms with Crippen molar-refractivity contribution in [2.45, 2.75) is 63.3 Å². The molecule has 7 heteroatoms. The van der Waals surface area contributed by atoms with E-state index < -0.39 is 29.4 Å². The molecule has 0 radical (unpaired) electrons. The second-order valence-corrected chi connectivity index (χ2v) is 6.24. The molecule has 0 aromatic carbocycles. The lowest BCUT2D eigenvalue weighted by Crippen LogP contribution is -2.58. The van der Waals surface area contributed by atoms with Gasteiger partial charge in [-0.3, -0.25) is 0 Å². The Hall–Kier alpha value is -1.46. The van der Waals surface area contributed by atoms with Crippen LogP contribution in [0.3, 0.4) is 0 Å². The molecule has 0 bridgehead atoms. The van der Waals surface area contributed by atoms with Crippen LogP contribution in [-0.2, 0) is 4.74 Å². The quantitative estimate of drug-likeness (QED) is 0.448. The van der Waals surface area contributed by atoms with Gasteiger partial charge in [0.1, 0.15) is 5.60 Å². The van der Waals surface area contributed by atoms with E-state index in [9.17, 15) is 9.90 Å². The van der Waals surface area contributed by atoms with Crippen LogP contribution < -0.4 is 0 Å². The monoisotopic (exact) mass is 268 g/mol. The van der Waals surface area contributed by atoms with Gasteiger partial charge in [0.25, 0.3) is 0 Å². The fourth-order valence-corrected chi connectivity index (χ4v) is 2.68. The summed E-state index contributed by atoms with van der Waals surface area (Å²) in [4.78, 5) is 16.6. The van der Waals surface area contributed by atoms with Gasteiger partial charge in [0, 0.05) is 11.5 Å². The molecule has 106 valence electrons. The number of nitrogens with zero attached hydrogens (tertiary/aromatic N) is 4. The van der Waals surface area contributed by atoms with E-state index in [1.165, 1.54) is 0 Å². The Bertz CT molecular complexity index is 421. The number of likely N-dealkylation sites (tertiary alicyclic amines) is 1. The molecule has 0 aromatic rings. The SMILES string of the molecule is CC(C)(C)OC(=O)N1CC[C@@H](O)[C@H](N=[N+]=[N-])C12CC2. The average molecular weight is 268 g/mol. The van der Waals surface area contributed by atoms with E-state index in [2.05, 4.69) is 10.0 Å². The third kappa shape index (κ3) is 2.62. The van der Waals surface area contributed by atoms with Crippen molar-refractivity contribution in [2.75, 3.05) is 6.54 Å². The molecule has 0 unspecified atom stereocenters. The lowest BCUT2D eigenvalue weighted by molar-refractivity contribution is -0.0230. The van der Waals surface area contributed by atoms with E-state index >= 15 is 0 Å². The van der Waals surface area contributed by atoms with Crippen LogP contribution in [0, 0.1) is 0 Å². The molecule has 7 nitrogen and oxygen atoms in total. The van der Waals surface area contributed by atoms with E-state index in [1.54, 1.807) is 4.90 Å². The Kier molecular flexibility index (Phi) is 3.36. The highest BCUT2D eigenvalue weighted by Crippen LogP contribution is 2.50. The zero-order valence-electron chi connectivity index (χ0n) is 11.5. The molecular weight excluding hydrogens is 248 g/mol. The van der Waals surface area contributed by atoms with Gasteiger partial charge in [-0.25, -0.2) is 4.79 Å². The number of amides is 1. The van der Waals surface area contributed by atoms with Crippen LogP contribution >= 0.6 is 0 Å². The van der Waals surface area contributed by atoms with Crippen molar-refractivity contribution in [3.05, 3.63) is 10.4 Å². The van der Waals surface area contributed by atoms with Crippen molar-refractivity contribution >= 4 is 6.09 Å². The number of hydrogen-bond acceptors (Lipinski definition) is 4. The number of ether oxygens (including phenoxy) is 1. The van der Waals surface area contributed by atoms with Crippen molar-refractivity contribution in [2.24, 2.45) is 5.11 Å². The maximum absolute atomic E-state index is 12.2. The number of rotatable bonds is 1. The number of aliphatic hydroxyl groups is 1. The Labute approximate surface area is 112 Å². The normalized spacial score (nSPS) is 28.7. The van der Waals surface area contributed by atoms with Crippen molar-refractivity contribution in [3.63, 3.8) is 0 Å². The zero-order valence-corrected chi connectivity index (χ0v) is 11.5. The van der Waals surface area contributed by atoms with Crippen LogP contribution in [0.5, 0.6) is 0 Å². The maximum Gasteiger partial charge on any atom is 0.410 e. The van der Waals surface area contributed by atoms with Gasteiger partial charge in [-0.05, 0) is 45.6 Å². The minimum absolute atomic E-state index is 0.393. The smallest absolute Gasteiger partial charge is 0.410 e. The molecule has 2 fully saturated rings. The van der Waals surface area contributed by atoms with Gasteiger partial charge < -0.3 is 14.7 Å². The summed E-state index contributed by atoms with van der Waals surface area (Å²) in [5.74, 6) is 0. The van der Waals surface area contributed by atoms with E-state index in [0.717, 1.165) is 12.8 Å². The van der Waals surface area contributed by atoms with Gasteiger partial charge in [-0.1, -0.05) is 5.11 Å². The predicted octanol–water partition coefficient (Wildman–Crippen LogP) is 2.20. The first-order chi connectivity index (χ1) is 8.80. The van der Waals surface area contributed by atoms with E-state index in [-0.39, 0.29) is 0 Å². The van der Waals surface area contributed by atoms with Crippen LogP contribution in [0.25, 0.3) is 10.4 Å². The molecule has 1 saturated heterocycles. The summed E-state index contributed by atoms with van der Waals surface area (Å²) >= 11 is 0. The van der Waals surface area contributed by atoms with E-state index in [4.69, 9.17) is 10.3 Å².